The number of methoxy groups -OCH3 is 1. The first-order chi connectivity index (χ1) is 8.40. The summed E-state index contributed by atoms with van der Waals surface area (Å²) in [5.41, 5.74) is -1.59. The Bertz CT molecular complexity index is 490. The van der Waals surface area contributed by atoms with Gasteiger partial charge in [0.1, 0.15) is 6.61 Å². The summed E-state index contributed by atoms with van der Waals surface area (Å²) in [6.07, 6.45) is 0. The van der Waals surface area contributed by atoms with Gasteiger partial charge in [0.15, 0.2) is 17.1 Å². The Morgan fingerprint density at radius 2 is 2.17 bits per heavy atom. The van der Waals surface area contributed by atoms with Crippen LogP contribution in [0.3, 0.4) is 0 Å². The molecular formula is C12H13NO5. The monoisotopic (exact) mass is 251 g/mol. The van der Waals surface area contributed by atoms with Crippen LogP contribution in [-0.4, -0.2) is 35.5 Å². The van der Waals surface area contributed by atoms with E-state index >= 15 is 0 Å². The Morgan fingerprint density at radius 1 is 1.50 bits per heavy atom. The van der Waals surface area contributed by atoms with Crippen molar-refractivity contribution < 1.29 is 24.5 Å². The highest BCUT2D eigenvalue weighted by atomic mass is 16.5. The number of hydrogen-bond acceptors (Lipinski definition) is 5. The summed E-state index contributed by atoms with van der Waals surface area (Å²) in [7, 11) is 1.40. The van der Waals surface area contributed by atoms with Gasteiger partial charge in [-0.3, -0.25) is 0 Å². The van der Waals surface area contributed by atoms with Gasteiger partial charge in [0.05, 0.1) is 18.7 Å². The van der Waals surface area contributed by atoms with Gasteiger partial charge in [-0.2, -0.15) is 5.26 Å². The molecule has 0 aliphatic rings. The number of nitriles is 1. The van der Waals surface area contributed by atoms with Crippen LogP contribution < -0.4 is 9.47 Å². The summed E-state index contributed by atoms with van der Waals surface area (Å²) >= 11 is 0. The van der Waals surface area contributed by atoms with E-state index in [9.17, 15) is 9.90 Å². The molecule has 0 saturated heterocycles. The highest BCUT2D eigenvalue weighted by molar-refractivity contribution is 5.76. The minimum Gasteiger partial charge on any atom is -0.493 e. The van der Waals surface area contributed by atoms with Gasteiger partial charge in [-0.25, -0.2) is 4.79 Å². The average Bonchev–Trinajstić information content (AvgIpc) is 2.35. The summed E-state index contributed by atoms with van der Waals surface area (Å²) in [6, 6.07) is 6.39. The molecule has 1 aromatic rings. The van der Waals surface area contributed by atoms with Crippen molar-refractivity contribution in [2.75, 3.05) is 13.7 Å². The van der Waals surface area contributed by atoms with Crippen LogP contribution in [0.2, 0.25) is 0 Å². The van der Waals surface area contributed by atoms with Gasteiger partial charge in [-0.05, 0) is 19.1 Å². The third-order valence-corrected chi connectivity index (χ3v) is 2.26. The van der Waals surface area contributed by atoms with Crippen molar-refractivity contribution in [1.29, 1.82) is 5.26 Å². The number of benzene rings is 1. The number of carboxylic acids is 1. The Balaban J connectivity index is 2.86. The fourth-order valence-corrected chi connectivity index (χ4v) is 1.14. The predicted octanol–water partition coefficient (Wildman–Crippen LogP) is 0.781. The van der Waals surface area contributed by atoms with Crippen LogP contribution in [0.15, 0.2) is 18.2 Å². The minimum absolute atomic E-state index is 0.262. The van der Waals surface area contributed by atoms with E-state index in [0.29, 0.717) is 11.3 Å². The largest absolute Gasteiger partial charge is 0.493 e. The lowest BCUT2D eigenvalue weighted by Gasteiger charge is -2.19. The maximum absolute atomic E-state index is 10.7. The summed E-state index contributed by atoms with van der Waals surface area (Å²) in [5, 5.41) is 26.9. The summed E-state index contributed by atoms with van der Waals surface area (Å²) in [4.78, 5) is 10.7. The van der Waals surface area contributed by atoms with Gasteiger partial charge in [0.2, 0.25) is 0 Å². The van der Waals surface area contributed by atoms with Gasteiger partial charge in [-0.1, -0.05) is 0 Å². The fourth-order valence-electron chi connectivity index (χ4n) is 1.14. The molecule has 0 heterocycles. The van der Waals surface area contributed by atoms with Crippen LogP contribution >= 0.6 is 0 Å². The number of aliphatic carboxylic acids is 1. The molecule has 0 saturated carbocycles. The molecule has 0 spiro atoms. The predicted molar refractivity (Wildman–Crippen MR) is 61.5 cm³/mol. The number of ether oxygens (including phenoxy) is 2. The molecule has 0 radical (unpaired) electrons. The van der Waals surface area contributed by atoms with Crippen LogP contribution in [-0.2, 0) is 4.79 Å². The Morgan fingerprint density at radius 3 is 2.67 bits per heavy atom. The molecule has 18 heavy (non-hydrogen) atoms. The van der Waals surface area contributed by atoms with Crippen molar-refractivity contribution in [3.63, 3.8) is 0 Å². The minimum atomic E-state index is -1.99. The van der Waals surface area contributed by atoms with Gasteiger partial charge in [0, 0.05) is 6.07 Å². The lowest BCUT2D eigenvalue weighted by Crippen LogP contribution is -2.41. The number of rotatable bonds is 5. The topological polar surface area (TPSA) is 99.8 Å². The summed E-state index contributed by atoms with van der Waals surface area (Å²) in [5.74, 6) is -0.816. The van der Waals surface area contributed by atoms with Crippen molar-refractivity contribution in [2.45, 2.75) is 12.5 Å². The molecule has 0 amide bonds. The van der Waals surface area contributed by atoms with E-state index < -0.39 is 18.2 Å². The van der Waals surface area contributed by atoms with Gasteiger partial charge in [0.25, 0.3) is 0 Å². The molecule has 96 valence electrons. The average molecular weight is 251 g/mol. The van der Waals surface area contributed by atoms with Crippen molar-refractivity contribution in [3.05, 3.63) is 23.8 Å². The molecule has 0 bridgehead atoms. The van der Waals surface area contributed by atoms with E-state index in [-0.39, 0.29) is 5.75 Å². The normalized spacial score (nSPS) is 13.2. The Hall–Kier alpha value is -2.26. The van der Waals surface area contributed by atoms with Gasteiger partial charge in [-0.15, -0.1) is 0 Å². The fraction of sp³-hybridized carbons (Fsp3) is 0.333. The maximum Gasteiger partial charge on any atom is 0.339 e. The third kappa shape index (κ3) is 3.12. The lowest BCUT2D eigenvalue weighted by atomic mass is 10.1. The van der Waals surface area contributed by atoms with Crippen molar-refractivity contribution in [1.82, 2.24) is 0 Å². The van der Waals surface area contributed by atoms with E-state index in [1.165, 1.54) is 25.3 Å². The summed E-state index contributed by atoms with van der Waals surface area (Å²) < 4.78 is 10.2. The van der Waals surface area contributed by atoms with Gasteiger partial charge >= 0.3 is 5.97 Å². The molecule has 1 aromatic carbocycles. The van der Waals surface area contributed by atoms with Crippen LogP contribution in [0.25, 0.3) is 0 Å². The maximum atomic E-state index is 10.7. The zero-order chi connectivity index (χ0) is 13.8. The second kappa shape index (κ2) is 5.38. The SMILES string of the molecule is COc1cc(C#N)ccc1OCC(C)(O)C(=O)O. The molecule has 6 heteroatoms. The Labute approximate surface area is 104 Å². The smallest absolute Gasteiger partial charge is 0.339 e. The molecule has 1 atom stereocenters. The lowest BCUT2D eigenvalue weighted by molar-refractivity contribution is -0.159. The van der Waals surface area contributed by atoms with E-state index in [4.69, 9.17) is 19.8 Å². The molecular weight excluding hydrogens is 238 g/mol. The number of hydrogen-bond donors (Lipinski definition) is 2. The van der Waals surface area contributed by atoms with Crippen molar-refractivity contribution in [2.24, 2.45) is 0 Å². The number of carbonyl (C=O) groups is 1. The summed E-state index contributed by atoms with van der Waals surface area (Å²) in [6.45, 7) is 0.704. The molecule has 0 aliphatic heterocycles. The molecule has 0 fully saturated rings. The molecule has 1 rings (SSSR count). The van der Waals surface area contributed by atoms with Gasteiger partial charge < -0.3 is 19.7 Å². The zero-order valence-corrected chi connectivity index (χ0v) is 10.0. The molecule has 2 N–H and O–H groups in total. The molecule has 6 nitrogen and oxygen atoms in total. The standard InChI is InChI=1S/C12H13NO5/c1-12(16,11(14)15)7-18-9-4-3-8(6-13)5-10(9)17-2/h3-5,16H,7H2,1-2H3,(H,14,15). The quantitative estimate of drug-likeness (QED) is 0.802. The highest BCUT2D eigenvalue weighted by Gasteiger charge is 2.31. The second-order valence-electron chi connectivity index (χ2n) is 3.85. The first-order valence-corrected chi connectivity index (χ1v) is 5.07. The first kappa shape index (κ1) is 13.8. The zero-order valence-electron chi connectivity index (χ0n) is 10.0. The third-order valence-electron chi connectivity index (χ3n) is 2.26. The van der Waals surface area contributed by atoms with Crippen LogP contribution in [0.5, 0.6) is 11.5 Å². The van der Waals surface area contributed by atoms with E-state index in [1.54, 1.807) is 0 Å². The number of carboxylic acid groups (broad SMARTS) is 1. The van der Waals surface area contributed by atoms with Crippen LogP contribution in [0, 0.1) is 11.3 Å². The van der Waals surface area contributed by atoms with E-state index in [2.05, 4.69) is 0 Å². The molecule has 0 aliphatic carbocycles. The molecule has 0 aromatic heterocycles. The van der Waals surface area contributed by atoms with Crippen molar-refractivity contribution >= 4 is 5.97 Å². The van der Waals surface area contributed by atoms with Crippen molar-refractivity contribution in [3.8, 4) is 17.6 Å². The molecule has 1 unspecified atom stereocenters. The second-order valence-corrected chi connectivity index (χ2v) is 3.85. The first-order valence-electron chi connectivity index (χ1n) is 5.07. The Kier molecular flexibility index (Phi) is 4.13. The van der Waals surface area contributed by atoms with Crippen LogP contribution in [0.4, 0.5) is 0 Å². The highest BCUT2D eigenvalue weighted by Crippen LogP contribution is 2.28. The number of nitrogens with zero attached hydrogens (tertiary/aromatic N) is 1. The van der Waals surface area contributed by atoms with E-state index in [1.807, 2.05) is 6.07 Å². The van der Waals surface area contributed by atoms with E-state index in [0.717, 1.165) is 6.92 Å². The van der Waals surface area contributed by atoms with Crippen LogP contribution in [0.1, 0.15) is 12.5 Å². The number of aliphatic hydroxyl groups is 1.